The third-order valence-corrected chi connectivity index (χ3v) is 4.10. The molecule has 0 radical (unpaired) electrons. The summed E-state index contributed by atoms with van der Waals surface area (Å²) in [6, 6.07) is 0. The molecule has 106 valence electrons. The zero-order chi connectivity index (χ0) is 13.6. The Labute approximate surface area is 110 Å². The van der Waals surface area contributed by atoms with Crippen LogP contribution in [-0.2, 0) is 14.3 Å². The lowest BCUT2D eigenvalue weighted by Gasteiger charge is -2.41. The molecule has 1 fully saturated rings. The minimum atomic E-state index is -0.500. The Balaban J connectivity index is 2.71. The van der Waals surface area contributed by atoms with E-state index in [1.165, 1.54) is 0 Å². The maximum Gasteiger partial charge on any atom is 0.326 e. The molecule has 0 heterocycles. The Morgan fingerprint density at radius 2 is 2.11 bits per heavy atom. The summed E-state index contributed by atoms with van der Waals surface area (Å²) in [6.07, 6.45) is 2.79. The monoisotopic (exact) mass is 257 g/mol. The van der Waals surface area contributed by atoms with Crippen molar-refractivity contribution in [3.63, 3.8) is 0 Å². The molecule has 3 atom stereocenters. The Bertz CT molecular complexity index is 270. The Morgan fingerprint density at radius 3 is 2.67 bits per heavy atom. The van der Waals surface area contributed by atoms with Crippen LogP contribution >= 0.6 is 0 Å². The smallest absolute Gasteiger partial charge is 0.326 e. The highest BCUT2D eigenvalue weighted by molar-refractivity contribution is 5.81. The van der Waals surface area contributed by atoms with E-state index >= 15 is 0 Å². The largest absolute Gasteiger partial charge is 0.465 e. The van der Waals surface area contributed by atoms with Gasteiger partial charge in [-0.1, -0.05) is 13.8 Å². The SMILES string of the molecule is CCOC(=O)C1(NCCOC)CCC(C)C(C)C1. The van der Waals surface area contributed by atoms with Gasteiger partial charge in [0.25, 0.3) is 0 Å². The van der Waals surface area contributed by atoms with Crippen LogP contribution in [0.1, 0.15) is 40.0 Å². The standard InChI is InChI=1S/C14H27NO3/c1-5-18-13(16)14(15-8-9-17-4)7-6-11(2)12(3)10-14/h11-12,15H,5-10H2,1-4H3. The van der Waals surface area contributed by atoms with Crippen molar-refractivity contribution in [2.75, 3.05) is 26.9 Å². The highest BCUT2D eigenvalue weighted by Crippen LogP contribution is 2.37. The first-order valence-corrected chi connectivity index (χ1v) is 6.97. The Kier molecular flexibility index (Phi) is 6.09. The molecule has 1 aliphatic carbocycles. The van der Waals surface area contributed by atoms with Gasteiger partial charge in [0.15, 0.2) is 0 Å². The molecule has 0 aromatic heterocycles. The first-order chi connectivity index (χ1) is 8.55. The van der Waals surface area contributed by atoms with Gasteiger partial charge in [0.2, 0.25) is 0 Å². The summed E-state index contributed by atoms with van der Waals surface area (Å²) in [7, 11) is 1.67. The predicted octanol–water partition coefficient (Wildman–Crippen LogP) is 1.98. The summed E-state index contributed by atoms with van der Waals surface area (Å²) < 4.78 is 10.3. The molecule has 1 aliphatic rings. The number of hydrogen-bond donors (Lipinski definition) is 1. The second kappa shape index (κ2) is 7.10. The average molecular weight is 257 g/mol. The third kappa shape index (κ3) is 3.69. The molecule has 1 saturated carbocycles. The zero-order valence-electron chi connectivity index (χ0n) is 12.1. The van der Waals surface area contributed by atoms with Gasteiger partial charge in [0.05, 0.1) is 13.2 Å². The number of methoxy groups -OCH3 is 1. The van der Waals surface area contributed by atoms with Crippen LogP contribution in [0.15, 0.2) is 0 Å². The van der Waals surface area contributed by atoms with E-state index < -0.39 is 5.54 Å². The van der Waals surface area contributed by atoms with Crippen LogP contribution in [0.2, 0.25) is 0 Å². The van der Waals surface area contributed by atoms with Crippen LogP contribution in [0.4, 0.5) is 0 Å². The molecule has 3 unspecified atom stereocenters. The van der Waals surface area contributed by atoms with Gasteiger partial charge in [-0.2, -0.15) is 0 Å². The molecule has 0 amide bonds. The van der Waals surface area contributed by atoms with Gasteiger partial charge in [0, 0.05) is 13.7 Å². The summed E-state index contributed by atoms with van der Waals surface area (Å²) in [5.41, 5.74) is -0.500. The normalized spacial score (nSPS) is 32.2. The lowest BCUT2D eigenvalue weighted by molar-refractivity contribution is -0.154. The molecule has 1 N–H and O–H groups in total. The maximum absolute atomic E-state index is 12.2. The van der Waals surface area contributed by atoms with Gasteiger partial charge < -0.3 is 9.47 Å². The topological polar surface area (TPSA) is 47.6 Å². The molecule has 4 nitrogen and oxygen atoms in total. The van der Waals surface area contributed by atoms with Crippen molar-refractivity contribution in [3.8, 4) is 0 Å². The number of carbonyl (C=O) groups is 1. The molecule has 1 rings (SSSR count). The number of ether oxygens (including phenoxy) is 2. The van der Waals surface area contributed by atoms with E-state index in [1.807, 2.05) is 6.92 Å². The molecular weight excluding hydrogens is 230 g/mol. The maximum atomic E-state index is 12.2. The third-order valence-electron chi connectivity index (χ3n) is 4.10. The Hall–Kier alpha value is -0.610. The van der Waals surface area contributed by atoms with Crippen LogP contribution < -0.4 is 5.32 Å². The van der Waals surface area contributed by atoms with Crippen molar-refractivity contribution in [3.05, 3.63) is 0 Å². The number of nitrogens with one attached hydrogen (secondary N) is 1. The quantitative estimate of drug-likeness (QED) is 0.584. The van der Waals surface area contributed by atoms with Crippen LogP contribution in [0.25, 0.3) is 0 Å². The highest BCUT2D eigenvalue weighted by atomic mass is 16.5. The van der Waals surface area contributed by atoms with Gasteiger partial charge in [-0.15, -0.1) is 0 Å². The van der Waals surface area contributed by atoms with Gasteiger partial charge >= 0.3 is 5.97 Å². The van der Waals surface area contributed by atoms with Gasteiger partial charge in [0.1, 0.15) is 5.54 Å². The number of rotatable bonds is 6. The fourth-order valence-electron chi connectivity index (χ4n) is 2.69. The van der Waals surface area contributed by atoms with E-state index in [2.05, 4.69) is 19.2 Å². The number of carbonyl (C=O) groups excluding carboxylic acids is 1. The van der Waals surface area contributed by atoms with E-state index in [1.54, 1.807) is 7.11 Å². The molecule has 0 bridgehead atoms. The van der Waals surface area contributed by atoms with Gasteiger partial charge in [-0.3, -0.25) is 10.1 Å². The van der Waals surface area contributed by atoms with Crippen molar-refractivity contribution < 1.29 is 14.3 Å². The summed E-state index contributed by atoms with van der Waals surface area (Å²) in [6.45, 7) is 8.08. The van der Waals surface area contributed by atoms with Crippen LogP contribution in [-0.4, -0.2) is 38.4 Å². The van der Waals surface area contributed by atoms with Crippen LogP contribution in [0, 0.1) is 11.8 Å². The van der Waals surface area contributed by atoms with Crippen LogP contribution in [0.3, 0.4) is 0 Å². The van der Waals surface area contributed by atoms with Crippen molar-refractivity contribution >= 4 is 5.97 Å². The molecule has 0 spiro atoms. The first-order valence-electron chi connectivity index (χ1n) is 6.97. The summed E-state index contributed by atoms with van der Waals surface area (Å²) in [4.78, 5) is 12.2. The van der Waals surface area contributed by atoms with E-state index in [4.69, 9.17) is 9.47 Å². The average Bonchev–Trinajstić information content (AvgIpc) is 2.34. The molecule has 4 heteroatoms. The molecule has 0 saturated heterocycles. The van der Waals surface area contributed by atoms with E-state index in [9.17, 15) is 4.79 Å². The van der Waals surface area contributed by atoms with Crippen molar-refractivity contribution in [2.24, 2.45) is 11.8 Å². The number of esters is 1. The van der Waals surface area contributed by atoms with Gasteiger partial charge in [-0.05, 0) is 38.0 Å². The second-order valence-corrected chi connectivity index (χ2v) is 5.42. The predicted molar refractivity (Wildman–Crippen MR) is 71.4 cm³/mol. The zero-order valence-corrected chi connectivity index (χ0v) is 12.1. The second-order valence-electron chi connectivity index (χ2n) is 5.42. The van der Waals surface area contributed by atoms with Crippen molar-refractivity contribution in [2.45, 2.75) is 45.6 Å². The molecule has 0 aliphatic heterocycles. The first kappa shape index (κ1) is 15.4. The summed E-state index contributed by atoms with van der Waals surface area (Å²) in [5, 5.41) is 3.37. The minimum Gasteiger partial charge on any atom is -0.465 e. The van der Waals surface area contributed by atoms with Crippen molar-refractivity contribution in [1.29, 1.82) is 0 Å². The lowest BCUT2D eigenvalue weighted by atomic mass is 9.71. The summed E-state index contributed by atoms with van der Waals surface area (Å²) in [5.74, 6) is 1.12. The summed E-state index contributed by atoms with van der Waals surface area (Å²) >= 11 is 0. The minimum absolute atomic E-state index is 0.0974. The van der Waals surface area contributed by atoms with Crippen molar-refractivity contribution in [1.82, 2.24) is 5.32 Å². The molecule has 18 heavy (non-hydrogen) atoms. The molecule has 0 aromatic rings. The van der Waals surface area contributed by atoms with E-state index in [-0.39, 0.29) is 5.97 Å². The molecule has 0 aromatic carbocycles. The van der Waals surface area contributed by atoms with E-state index in [0.29, 0.717) is 31.6 Å². The van der Waals surface area contributed by atoms with Crippen LogP contribution in [0.5, 0.6) is 0 Å². The fraction of sp³-hybridized carbons (Fsp3) is 0.929. The number of hydrogen-bond acceptors (Lipinski definition) is 4. The highest BCUT2D eigenvalue weighted by Gasteiger charge is 2.44. The Morgan fingerprint density at radius 1 is 1.39 bits per heavy atom. The lowest BCUT2D eigenvalue weighted by Crippen LogP contribution is -2.57. The van der Waals surface area contributed by atoms with Gasteiger partial charge in [-0.25, -0.2) is 0 Å². The fourth-order valence-corrected chi connectivity index (χ4v) is 2.69. The molecular formula is C14H27NO3. The van der Waals surface area contributed by atoms with E-state index in [0.717, 1.165) is 19.3 Å².